The molecule has 0 unspecified atom stereocenters. The zero-order valence-corrected chi connectivity index (χ0v) is 22.2. The van der Waals surface area contributed by atoms with E-state index in [4.69, 9.17) is 9.47 Å². The van der Waals surface area contributed by atoms with Gasteiger partial charge in [0.1, 0.15) is 18.4 Å². The summed E-state index contributed by atoms with van der Waals surface area (Å²) in [6, 6.07) is 22.0. The molecule has 2 N–H and O–H groups in total. The molecule has 3 aromatic rings. The molecule has 39 heavy (non-hydrogen) atoms. The number of nitrogens with zero attached hydrogens (tertiary/aromatic N) is 1. The lowest BCUT2D eigenvalue weighted by Crippen LogP contribution is -2.51. The Kier molecular flexibility index (Phi) is 8.29. The number of carboxylic acids is 1. The van der Waals surface area contributed by atoms with Crippen molar-refractivity contribution >= 4 is 11.9 Å². The second kappa shape index (κ2) is 12.0. The number of aliphatic hydroxyl groups is 1. The van der Waals surface area contributed by atoms with E-state index < -0.39 is 18.1 Å². The maximum absolute atomic E-state index is 14.1. The van der Waals surface area contributed by atoms with E-state index in [1.165, 1.54) is 4.90 Å². The minimum atomic E-state index is -1.06. The van der Waals surface area contributed by atoms with Gasteiger partial charge in [0.25, 0.3) is 5.91 Å². The van der Waals surface area contributed by atoms with Gasteiger partial charge in [0.2, 0.25) is 0 Å². The third-order valence-corrected chi connectivity index (χ3v) is 7.76. The number of rotatable bonds is 8. The minimum absolute atomic E-state index is 0.152. The molecule has 1 amide bonds. The van der Waals surface area contributed by atoms with Crippen LogP contribution in [0.25, 0.3) is 0 Å². The number of amides is 1. The first-order valence-electron chi connectivity index (χ1n) is 13.6. The molecule has 0 spiro atoms. The summed E-state index contributed by atoms with van der Waals surface area (Å²) in [5.41, 5.74) is 4.36. The molecule has 5 rings (SSSR count). The van der Waals surface area contributed by atoms with Gasteiger partial charge in [-0.05, 0) is 54.9 Å². The minimum Gasteiger partial charge on any atom is -0.488 e. The first-order chi connectivity index (χ1) is 18.9. The molecule has 0 aromatic heterocycles. The first-order valence-corrected chi connectivity index (χ1v) is 13.6. The van der Waals surface area contributed by atoms with Crippen molar-refractivity contribution in [1.29, 1.82) is 0 Å². The van der Waals surface area contributed by atoms with Crippen LogP contribution in [0.4, 0.5) is 0 Å². The van der Waals surface area contributed by atoms with E-state index in [0.29, 0.717) is 43.6 Å². The third kappa shape index (κ3) is 6.15. The maximum Gasteiger partial charge on any atom is 0.326 e. The number of carbonyl (C=O) groups is 2. The van der Waals surface area contributed by atoms with E-state index >= 15 is 0 Å². The summed E-state index contributed by atoms with van der Waals surface area (Å²) < 4.78 is 12.6. The number of benzene rings is 3. The molecular weight excluding hydrogens is 494 g/mol. The van der Waals surface area contributed by atoms with Crippen molar-refractivity contribution in [3.63, 3.8) is 0 Å². The smallest absolute Gasteiger partial charge is 0.326 e. The van der Waals surface area contributed by atoms with E-state index in [9.17, 15) is 19.8 Å². The Hall–Kier alpha value is -3.68. The fraction of sp³-hybridized carbons (Fsp3) is 0.375. The second-order valence-electron chi connectivity index (χ2n) is 10.5. The highest BCUT2D eigenvalue weighted by molar-refractivity contribution is 5.88. The maximum atomic E-state index is 14.1. The Balaban J connectivity index is 1.43. The van der Waals surface area contributed by atoms with Crippen LogP contribution in [0, 0.1) is 6.92 Å². The summed E-state index contributed by atoms with van der Waals surface area (Å²) in [5.74, 6) is -0.735. The van der Waals surface area contributed by atoms with Crippen molar-refractivity contribution in [1.82, 2.24) is 4.90 Å². The second-order valence-corrected chi connectivity index (χ2v) is 10.5. The van der Waals surface area contributed by atoms with Crippen LogP contribution in [0.2, 0.25) is 0 Å². The van der Waals surface area contributed by atoms with Gasteiger partial charge in [-0.15, -0.1) is 0 Å². The van der Waals surface area contributed by atoms with Crippen molar-refractivity contribution in [2.45, 2.75) is 76.5 Å². The van der Waals surface area contributed by atoms with Crippen LogP contribution in [-0.4, -0.2) is 45.2 Å². The van der Waals surface area contributed by atoms with Crippen molar-refractivity contribution in [3.8, 4) is 5.75 Å². The lowest BCUT2D eigenvalue weighted by atomic mass is 9.90. The molecule has 2 atom stereocenters. The Morgan fingerprint density at radius 2 is 1.62 bits per heavy atom. The summed E-state index contributed by atoms with van der Waals surface area (Å²) >= 11 is 0. The Bertz CT molecular complexity index is 1290. The van der Waals surface area contributed by atoms with Crippen molar-refractivity contribution in [3.05, 3.63) is 101 Å². The summed E-state index contributed by atoms with van der Waals surface area (Å²) in [7, 11) is 0. The number of hydrogen-bond acceptors (Lipinski definition) is 5. The van der Waals surface area contributed by atoms with Gasteiger partial charge in [-0.1, -0.05) is 72.8 Å². The average Bonchev–Trinajstić information content (AvgIpc) is 2.96. The van der Waals surface area contributed by atoms with Crippen LogP contribution in [-0.2, 0) is 33.9 Å². The number of carboxylic acid groups (broad SMARTS) is 1. The van der Waals surface area contributed by atoms with E-state index in [0.717, 1.165) is 22.3 Å². The Morgan fingerprint density at radius 1 is 0.949 bits per heavy atom. The van der Waals surface area contributed by atoms with Gasteiger partial charge in [-0.2, -0.15) is 0 Å². The Morgan fingerprint density at radius 3 is 2.28 bits per heavy atom. The molecule has 3 aromatic carbocycles. The van der Waals surface area contributed by atoms with Gasteiger partial charge >= 0.3 is 5.97 Å². The number of aliphatic hydroxyl groups excluding tert-OH is 1. The molecule has 7 heteroatoms. The number of aliphatic carboxylic acids is 1. The lowest BCUT2D eigenvalue weighted by Gasteiger charge is -2.38. The number of carbonyl (C=O) groups excluding carboxylic acids is 1. The average molecular weight is 530 g/mol. The molecule has 0 bridgehead atoms. The lowest BCUT2D eigenvalue weighted by molar-refractivity contribution is -0.161. The quantitative estimate of drug-likeness (QED) is 0.428. The molecule has 7 nitrogen and oxygen atoms in total. The van der Waals surface area contributed by atoms with Crippen LogP contribution in [0.1, 0.15) is 59.6 Å². The van der Waals surface area contributed by atoms with Gasteiger partial charge in [0.15, 0.2) is 6.10 Å². The molecule has 1 saturated carbocycles. The topological polar surface area (TPSA) is 96.3 Å². The molecule has 1 heterocycles. The van der Waals surface area contributed by atoms with E-state index in [1.54, 1.807) is 0 Å². The fourth-order valence-corrected chi connectivity index (χ4v) is 5.57. The van der Waals surface area contributed by atoms with Crippen LogP contribution < -0.4 is 4.74 Å². The van der Waals surface area contributed by atoms with Gasteiger partial charge in [-0.25, -0.2) is 4.79 Å². The van der Waals surface area contributed by atoms with Crippen LogP contribution in [0.15, 0.2) is 72.8 Å². The summed E-state index contributed by atoms with van der Waals surface area (Å²) in [5, 5.41) is 20.2. The highest BCUT2D eigenvalue weighted by atomic mass is 16.5. The van der Waals surface area contributed by atoms with E-state index in [1.807, 2.05) is 79.7 Å². The molecule has 1 fully saturated rings. The molecule has 2 aliphatic rings. The predicted molar refractivity (Wildman–Crippen MR) is 146 cm³/mol. The third-order valence-electron chi connectivity index (χ3n) is 7.76. The summed E-state index contributed by atoms with van der Waals surface area (Å²) in [6.45, 7) is 2.48. The number of aryl methyl sites for hydroxylation is 1. The Labute approximate surface area is 229 Å². The highest BCUT2D eigenvalue weighted by Crippen LogP contribution is 2.37. The van der Waals surface area contributed by atoms with Gasteiger partial charge < -0.3 is 24.6 Å². The normalized spacial score (nSPS) is 21.6. The van der Waals surface area contributed by atoms with Gasteiger partial charge in [-0.3, -0.25) is 4.79 Å². The highest BCUT2D eigenvalue weighted by Gasteiger charge is 2.40. The summed E-state index contributed by atoms with van der Waals surface area (Å²) in [6.07, 6.45) is 1.28. The standard InChI is InChI=1S/C32H35NO6/c1-21-12-13-24-19-33(28(32(36)37)18-27(24)29(21)38-20-22-8-4-2-5-9-22)31(35)30(23-10-6-3-7-11-23)39-26-16-14-25(34)15-17-26/h2-13,25-26,28,30,34H,14-20H2,1H3,(H,36,37)/t25-,26+,28-,30-/m1/s1. The first kappa shape index (κ1) is 26.9. The van der Waals surface area contributed by atoms with Crippen LogP contribution in [0.3, 0.4) is 0 Å². The van der Waals surface area contributed by atoms with E-state index in [-0.39, 0.29) is 31.1 Å². The molecule has 204 valence electrons. The van der Waals surface area contributed by atoms with Gasteiger partial charge in [0, 0.05) is 18.5 Å². The number of ether oxygens (including phenoxy) is 2. The summed E-state index contributed by atoms with van der Waals surface area (Å²) in [4.78, 5) is 28.1. The zero-order chi connectivity index (χ0) is 27.4. The van der Waals surface area contributed by atoms with Crippen molar-refractivity contribution in [2.75, 3.05) is 0 Å². The van der Waals surface area contributed by atoms with E-state index in [2.05, 4.69) is 0 Å². The zero-order valence-electron chi connectivity index (χ0n) is 22.2. The van der Waals surface area contributed by atoms with Crippen LogP contribution >= 0.6 is 0 Å². The number of fused-ring (bicyclic) bond motifs is 1. The molecule has 1 aliphatic carbocycles. The molecule has 1 aliphatic heterocycles. The molecular formula is C32H35NO6. The molecule has 0 saturated heterocycles. The number of hydrogen-bond donors (Lipinski definition) is 2. The monoisotopic (exact) mass is 529 g/mol. The van der Waals surface area contributed by atoms with Crippen molar-refractivity contribution in [2.24, 2.45) is 0 Å². The van der Waals surface area contributed by atoms with Crippen LogP contribution in [0.5, 0.6) is 5.75 Å². The predicted octanol–water partition coefficient (Wildman–Crippen LogP) is 4.97. The van der Waals surface area contributed by atoms with Crippen molar-refractivity contribution < 1.29 is 29.3 Å². The van der Waals surface area contributed by atoms with Gasteiger partial charge in [0.05, 0.1) is 12.2 Å². The fourth-order valence-electron chi connectivity index (χ4n) is 5.57. The largest absolute Gasteiger partial charge is 0.488 e. The molecule has 0 radical (unpaired) electrons. The SMILES string of the molecule is Cc1ccc2c(c1OCc1ccccc1)C[C@H](C(=O)O)N(C(=O)[C@H](O[C@H]1CC[C@@H](O)CC1)c1ccccc1)C2.